The molecule has 1 atom stereocenters. The maximum absolute atomic E-state index is 12.2. The highest BCUT2D eigenvalue weighted by Gasteiger charge is 2.26. The maximum Gasteiger partial charge on any atom is 0.222 e. The number of amides is 2. The van der Waals surface area contributed by atoms with Gasteiger partial charge in [-0.15, -0.1) is 0 Å². The number of hydrogen-bond donors (Lipinski definition) is 1. The van der Waals surface area contributed by atoms with Gasteiger partial charge in [0.05, 0.1) is 6.61 Å². The molecule has 1 aliphatic rings. The minimum Gasteiger partial charge on any atom is -0.494 e. The lowest BCUT2D eigenvalue weighted by Gasteiger charge is -2.26. The van der Waals surface area contributed by atoms with Gasteiger partial charge in [-0.25, -0.2) is 0 Å². The molecular weight excluding hydrogens is 344 g/mol. The molecule has 6 heteroatoms. The monoisotopic (exact) mass is 374 g/mol. The topological polar surface area (TPSA) is 75.7 Å². The predicted octanol–water partition coefficient (Wildman–Crippen LogP) is 2.96. The van der Waals surface area contributed by atoms with Gasteiger partial charge in [-0.1, -0.05) is 6.92 Å². The number of hydrogen-bond acceptors (Lipinski definition) is 4. The Morgan fingerprint density at radius 1 is 1.19 bits per heavy atom. The first-order chi connectivity index (χ1) is 13.0. The van der Waals surface area contributed by atoms with Gasteiger partial charge in [0.1, 0.15) is 5.75 Å². The fraction of sp³-hybridized carbons (Fsp3) is 0.571. The van der Waals surface area contributed by atoms with Crippen LogP contribution in [0, 0.1) is 0 Å². The first-order valence-corrected chi connectivity index (χ1v) is 9.87. The Bertz CT molecular complexity index is 642. The second kappa shape index (κ2) is 10.7. The molecule has 0 radical (unpaired) electrons. The molecule has 2 amide bonds. The van der Waals surface area contributed by atoms with E-state index in [9.17, 15) is 14.4 Å². The van der Waals surface area contributed by atoms with Gasteiger partial charge in [0.2, 0.25) is 11.8 Å². The van der Waals surface area contributed by atoms with Crippen LogP contribution in [0.3, 0.4) is 0 Å². The molecule has 1 heterocycles. The van der Waals surface area contributed by atoms with Crippen molar-refractivity contribution in [1.29, 1.82) is 0 Å². The van der Waals surface area contributed by atoms with E-state index in [0.717, 1.165) is 31.6 Å². The molecule has 1 aliphatic heterocycles. The molecule has 1 saturated heterocycles. The van der Waals surface area contributed by atoms with Crippen molar-refractivity contribution in [2.45, 2.75) is 58.4 Å². The van der Waals surface area contributed by atoms with Crippen molar-refractivity contribution in [3.05, 3.63) is 29.8 Å². The van der Waals surface area contributed by atoms with Gasteiger partial charge < -0.3 is 15.0 Å². The van der Waals surface area contributed by atoms with Crippen LogP contribution in [0.4, 0.5) is 0 Å². The van der Waals surface area contributed by atoms with Crippen LogP contribution in [0.5, 0.6) is 5.75 Å². The highest BCUT2D eigenvalue weighted by atomic mass is 16.5. The standard InChI is InChI=1S/C21H30N2O4/c1-3-17(23-15-5-6-21(23)26)13-14-22-20(25)12-11-19(24)16-7-9-18(10-8-16)27-4-2/h7-10,17H,3-6,11-15H2,1-2H3,(H,22,25)/t17-/m0/s1. The largest absolute Gasteiger partial charge is 0.494 e. The summed E-state index contributed by atoms with van der Waals surface area (Å²) in [5.41, 5.74) is 0.588. The van der Waals surface area contributed by atoms with Crippen molar-refractivity contribution >= 4 is 17.6 Å². The summed E-state index contributed by atoms with van der Waals surface area (Å²) in [6.45, 7) is 5.90. The molecule has 0 bridgehead atoms. The van der Waals surface area contributed by atoms with E-state index in [1.54, 1.807) is 24.3 Å². The molecule has 0 spiro atoms. The molecule has 1 fully saturated rings. The molecule has 0 saturated carbocycles. The molecule has 148 valence electrons. The lowest BCUT2D eigenvalue weighted by Crippen LogP contribution is -2.38. The SMILES string of the molecule is CCOc1ccc(C(=O)CCC(=O)NCC[C@H](CC)N2CCCC2=O)cc1. The van der Waals surface area contributed by atoms with Crippen molar-refractivity contribution in [2.75, 3.05) is 19.7 Å². The molecule has 0 unspecified atom stereocenters. The summed E-state index contributed by atoms with van der Waals surface area (Å²) in [4.78, 5) is 38.0. The van der Waals surface area contributed by atoms with Crippen LogP contribution < -0.4 is 10.1 Å². The third-order valence-electron chi connectivity index (χ3n) is 4.89. The lowest BCUT2D eigenvalue weighted by molar-refractivity contribution is -0.129. The predicted molar refractivity (Wildman–Crippen MR) is 104 cm³/mol. The summed E-state index contributed by atoms with van der Waals surface area (Å²) in [6, 6.07) is 7.17. The van der Waals surface area contributed by atoms with E-state index in [2.05, 4.69) is 12.2 Å². The quantitative estimate of drug-likeness (QED) is 0.604. The van der Waals surface area contributed by atoms with Gasteiger partial charge in [0.25, 0.3) is 0 Å². The fourth-order valence-corrected chi connectivity index (χ4v) is 3.38. The van der Waals surface area contributed by atoms with Gasteiger partial charge in [-0.05, 0) is 50.5 Å². The lowest BCUT2D eigenvalue weighted by atomic mass is 10.1. The summed E-state index contributed by atoms with van der Waals surface area (Å²) >= 11 is 0. The number of benzene rings is 1. The van der Waals surface area contributed by atoms with E-state index >= 15 is 0 Å². The third-order valence-corrected chi connectivity index (χ3v) is 4.89. The van der Waals surface area contributed by atoms with Gasteiger partial charge >= 0.3 is 0 Å². The minimum atomic E-state index is -0.128. The van der Waals surface area contributed by atoms with E-state index in [1.807, 2.05) is 11.8 Å². The Hall–Kier alpha value is -2.37. The zero-order valence-corrected chi connectivity index (χ0v) is 16.3. The Labute approximate surface area is 161 Å². The molecule has 0 aliphatic carbocycles. The van der Waals surface area contributed by atoms with Crippen molar-refractivity contribution in [1.82, 2.24) is 10.2 Å². The average molecular weight is 374 g/mol. The Balaban J connectivity index is 1.69. The fourth-order valence-electron chi connectivity index (χ4n) is 3.38. The molecule has 1 aromatic carbocycles. The number of carbonyl (C=O) groups excluding carboxylic acids is 3. The van der Waals surface area contributed by atoms with Crippen LogP contribution in [-0.4, -0.2) is 48.2 Å². The number of carbonyl (C=O) groups is 3. The van der Waals surface area contributed by atoms with E-state index < -0.39 is 0 Å². The summed E-state index contributed by atoms with van der Waals surface area (Å²) in [6.07, 6.45) is 3.55. The van der Waals surface area contributed by atoms with Crippen LogP contribution in [0.25, 0.3) is 0 Å². The number of nitrogens with one attached hydrogen (secondary N) is 1. The number of ketones is 1. The molecule has 1 aromatic rings. The number of Topliss-reactive ketones (excluding diaryl/α,β-unsaturated/α-hetero) is 1. The minimum absolute atomic E-state index is 0.0534. The van der Waals surface area contributed by atoms with Crippen molar-refractivity contribution in [3.8, 4) is 5.75 Å². The van der Waals surface area contributed by atoms with E-state index in [0.29, 0.717) is 25.1 Å². The van der Waals surface area contributed by atoms with Crippen LogP contribution in [-0.2, 0) is 9.59 Å². The second-order valence-electron chi connectivity index (χ2n) is 6.77. The van der Waals surface area contributed by atoms with Crippen LogP contribution in [0.15, 0.2) is 24.3 Å². The molecular formula is C21H30N2O4. The third kappa shape index (κ3) is 6.38. The van der Waals surface area contributed by atoms with Gasteiger partial charge in [0.15, 0.2) is 5.78 Å². The van der Waals surface area contributed by atoms with Crippen LogP contribution >= 0.6 is 0 Å². The van der Waals surface area contributed by atoms with Gasteiger partial charge in [-0.2, -0.15) is 0 Å². The summed E-state index contributed by atoms with van der Waals surface area (Å²) in [5, 5.41) is 2.87. The first kappa shape index (κ1) is 20.9. The Morgan fingerprint density at radius 3 is 2.52 bits per heavy atom. The van der Waals surface area contributed by atoms with E-state index in [4.69, 9.17) is 4.74 Å². The molecule has 1 N–H and O–H groups in total. The van der Waals surface area contributed by atoms with E-state index in [1.165, 1.54) is 0 Å². The molecule has 2 rings (SSSR count). The van der Waals surface area contributed by atoms with Crippen molar-refractivity contribution in [3.63, 3.8) is 0 Å². The van der Waals surface area contributed by atoms with E-state index in [-0.39, 0.29) is 36.5 Å². The molecule has 6 nitrogen and oxygen atoms in total. The van der Waals surface area contributed by atoms with Crippen LogP contribution in [0.2, 0.25) is 0 Å². The van der Waals surface area contributed by atoms with Crippen molar-refractivity contribution in [2.24, 2.45) is 0 Å². The molecule has 0 aromatic heterocycles. The van der Waals surface area contributed by atoms with Crippen molar-refractivity contribution < 1.29 is 19.1 Å². The first-order valence-electron chi connectivity index (χ1n) is 9.87. The zero-order valence-electron chi connectivity index (χ0n) is 16.3. The van der Waals surface area contributed by atoms with Crippen LogP contribution in [0.1, 0.15) is 62.7 Å². The number of nitrogens with zero attached hydrogens (tertiary/aromatic N) is 1. The van der Waals surface area contributed by atoms with Gasteiger partial charge in [-0.3, -0.25) is 14.4 Å². The zero-order chi connectivity index (χ0) is 19.6. The highest BCUT2D eigenvalue weighted by Crippen LogP contribution is 2.18. The summed E-state index contributed by atoms with van der Waals surface area (Å²) in [5.74, 6) is 0.766. The number of rotatable bonds is 11. The number of ether oxygens (including phenoxy) is 1. The smallest absolute Gasteiger partial charge is 0.222 e. The normalized spacial score (nSPS) is 14.9. The summed E-state index contributed by atoms with van der Waals surface area (Å²) in [7, 11) is 0. The summed E-state index contributed by atoms with van der Waals surface area (Å²) < 4.78 is 5.36. The Morgan fingerprint density at radius 2 is 1.93 bits per heavy atom. The second-order valence-corrected chi connectivity index (χ2v) is 6.77. The number of likely N-dealkylation sites (tertiary alicyclic amines) is 1. The highest BCUT2D eigenvalue weighted by molar-refractivity contribution is 5.98. The maximum atomic E-state index is 12.2. The van der Waals surface area contributed by atoms with Gasteiger partial charge in [0, 0.05) is 44.0 Å². The average Bonchev–Trinajstić information content (AvgIpc) is 3.10. The Kier molecular flexibility index (Phi) is 8.30. The molecule has 27 heavy (non-hydrogen) atoms.